The zero-order valence-corrected chi connectivity index (χ0v) is 26.2. The lowest BCUT2D eigenvalue weighted by atomic mass is 10.0. The molecule has 3 aromatic carbocycles. The standard InChI is InChI=1S/C32H37N7O5S/c1-20-17-24(22-9-5-4-6-10-22)18-21(2)28(20)45(43,44)39-32(3,30(41)42)36-29(40)23-12-13-25-26(37-38-27(25)19-23)11-7-14-33-31-34-15-8-16-35-31/h4-6,9-10,12-13,15,17-19,31,33,35,39H,7-8,11,14,16H2,1-3H3,(H,36,40)(H,37,38)(H,41,42). The minimum Gasteiger partial charge on any atom is -0.478 e. The van der Waals surface area contributed by atoms with Crippen molar-refractivity contribution in [3.05, 3.63) is 83.0 Å². The van der Waals surface area contributed by atoms with Crippen LogP contribution < -0.4 is 20.7 Å². The van der Waals surface area contributed by atoms with E-state index in [4.69, 9.17) is 0 Å². The van der Waals surface area contributed by atoms with Gasteiger partial charge in [-0.3, -0.25) is 25.5 Å². The molecule has 1 aromatic heterocycles. The predicted octanol–water partition coefficient (Wildman–Crippen LogP) is 3.23. The molecule has 0 saturated heterocycles. The summed E-state index contributed by atoms with van der Waals surface area (Å²) in [6, 6.07) is 17.8. The highest BCUT2D eigenvalue weighted by Crippen LogP contribution is 2.29. The zero-order valence-electron chi connectivity index (χ0n) is 25.3. The molecule has 5 rings (SSSR count). The Morgan fingerprint density at radius 2 is 1.78 bits per heavy atom. The molecule has 6 N–H and O–H groups in total. The number of benzene rings is 3. The molecule has 1 aliphatic heterocycles. The highest BCUT2D eigenvalue weighted by atomic mass is 32.2. The highest BCUT2D eigenvalue weighted by molar-refractivity contribution is 7.89. The third kappa shape index (κ3) is 7.28. The number of aromatic amines is 1. The van der Waals surface area contributed by atoms with E-state index in [0.717, 1.165) is 61.5 Å². The Balaban J connectivity index is 1.28. The van der Waals surface area contributed by atoms with Crippen LogP contribution in [0.5, 0.6) is 0 Å². The van der Waals surface area contributed by atoms with E-state index in [-0.39, 0.29) is 16.7 Å². The van der Waals surface area contributed by atoms with E-state index in [0.29, 0.717) is 16.6 Å². The molecule has 1 aliphatic rings. The first-order chi connectivity index (χ1) is 21.5. The van der Waals surface area contributed by atoms with Crippen molar-refractivity contribution in [1.29, 1.82) is 0 Å². The summed E-state index contributed by atoms with van der Waals surface area (Å²) in [5.74, 6) is -2.34. The molecule has 45 heavy (non-hydrogen) atoms. The Morgan fingerprint density at radius 1 is 1.04 bits per heavy atom. The van der Waals surface area contributed by atoms with Crippen molar-refractivity contribution < 1.29 is 23.1 Å². The van der Waals surface area contributed by atoms with Crippen molar-refractivity contribution >= 4 is 39.0 Å². The van der Waals surface area contributed by atoms with Gasteiger partial charge in [0.1, 0.15) is 0 Å². The Morgan fingerprint density at radius 3 is 2.44 bits per heavy atom. The zero-order chi connectivity index (χ0) is 32.2. The van der Waals surface area contributed by atoms with Crippen molar-refractivity contribution in [1.82, 2.24) is 30.9 Å². The summed E-state index contributed by atoms with van der Waals surface area (Å²) >= 11 is 0. The van der Waals surface area contributed by atoms with Gasteiger partial charge < -0.3 is 10.4 Å². The van der Waals surface area contributed by atoms with E-state index < -0.39 is 27.6 Å². The smallest absolute Gasteiger partial charge is 0.345 e. The van der Waals surface area contributed by atoms with E-state index in [1.165, 1.54) is 6.07 Å². The molecular formula is C32H37N7O5S. The summed E-state index contributed by atoms with van der Waals surface area (Å²) in [5.41, 5.74) is 1.86. The monoisotopic (exact) mass is 631 g/mol. The number of hydrogen-bond acceptors (Lipinski definition) is 8. The van der Waals surface area contributed by atoms with Gasteiger partial charge in [-0.2, -0.15) is 9.82 Å². The number of carbonyl (C=O) groups is 2. The third-order valence-corrected chi connectivity index (χ3v) is 9.53. The van der Waals surface area contributed by atoms with Crippen molar-refractivity contribution in [2.24, 2.45) is 4.99 Å². The lowest BCUT2D eigenvalue weighted by Crippen LogP contribution is -2.63. The van der Waals surface area contributed by atoms with Gasteiger partial charge in [0.05, 0.1) is 10.4 Å². The topological polar surface area (TPSA) is 178 Å². The lowest BCUT2D eigenvalue weighted by Gasteiger charge is -2.28. The number of aromatic nitrogens is 2. The van der Waals surface area contributed by atoms with Gasteiger partial charge in [0.25, 0.3) is 5.91 Å². The van der Waals surface area contributed by atoms with Crippen LogP contribution in [0.25, 0.3) is 22.0 Å². The second-order valence-electron chi connectivity index (χ2n) is 11.3. The van der Waals surface area contributed by atoms with Gasteiger partial charge in [0.2, 0.25) is 15.7 Å². The summed E-state index contributed by atoms with van der Waals surface area (Å²) in [5, 5.41) is 27.2. The van der Waals surface area contributed by atoms with Gasteiger partial charge in [-0.15, -0.1) is 0 Å². The number of carbonyl (C=O) groups excluding carboxylic acids is 1. The maximum atomic E-state index is 13.6. The maximum absolute atomic E-state index is 13.6. The number of aliphatic carboxylic acids is 1. The fraction of sp³-hybridized carbons (Fsp3) is 0.312. The number of fused-ring (bicyclic) bond motifs is 1. The first kappa shape index (κ1) is 32.0. The van der Waals surface area contributed by atoms with Crippen molar-refractivity contribution in [2.45, 2.75) is 56.9 Å². The Bertz CT molecular complexity index is 1830. The summed E-state index contributed by atoms with van der Waals surface area (Å²) < 4.78 is 29.4. The van der Waals surface area contributed by atoms with Crippen LogP contribution >= 0.6 is 0 Å². The van der Waals surface area contributed by atoms with E-state index in [1.54, 1.807) is 38.1 Å². The number of nitrogens with zero attached hydrogens (tertiary/aromatic N) is 2. The third-order valence-electron chi connectivity index (χ3n) is 7.67. The van der Waals surface area contributed by atoms with E-state index in [2.05, 4.69) is 35.9 Å². The maximum Gasteiger partial charge on any atom is 0.345 e. The molecule has 2 heterocycles. The van der Waals surface area contributed by atoms with Crippen molar-refractivity contribution in [3.8, 4) is 11.1 Å². The number of H-pyrrole nitrogens is 1. The minimum absolute atomic E-state index is 0.0488. The Kier molecular flexibility index (Phi) is 9.44. The number of carboxylic acids is 1. The predicted molar refractivity (Wildman–Crippen MR) is 172 cm³/mol. The summed E-state index contributed by atoms with van der Waals surface area (Å²) in [4.78, 5) is 29.9. The van der Waals surface area contributed by atoms with Crippen LogP contribution in [0.4, 0.5) is 0 Å². The SMILES string of the molecule is Cc1cc(-c2ccccc2)cc(C)c1S(=O)(=O)NC(C)(NC(=O)c1ccc2c(CCCNC3N=CCCN3)[nH]nc2c1)C(=O)O. The second kappa shape index (κ2) is 13.3. The van der Waals surface area contributed by atoms with Gasteiger partial charge in [-0.1, -0.05) is 48.5 Å². The largest absolute Gasteiger partial charge is 0.478 e. The molecule has 236 valence electrons. The fourth-order valence-electron chi connectivity index (χ4n) is 5.46. The minimum atomic E-state index is -4.38. The second-order valence-corrected chi connectivity index (χ2v) is 12.9. The molecule has 13 heteroatoms. The van der Waals surface area contributed by atoms with Gasteiger partial charge >= 0.3 is 5.97 Å². The molecular weight excluding hydrogens is 594 g/mol. The number of carboxylic acid groups (broad SMARTS) is 1. The van der Waals surface area contributed by atoms with Crippen LogP contribution in [0.2, 0.25) is 0 Å². The molecule has 0 aliphatic carbocycles. The normalized spacial score (nSPS) is 16.4. The molecule has 2 unspecified atom stereocenters. The van der Waals surface area contributed by atoms with Crippen molar-refractivity contribution in [3.63, 3.8) is 0 Å². The lowest BCUT2D eigenvalue weighted by molar-refractivity contribution is -0.144. The molecule has 0 radical (unpaired) electrons. The Labute approximate surface area is 261 Å². The van der Waals surface area contributed by atoms with E-state index in [9.17, 15) is 23.1 Å². The number of nitrogens with one attached hydrogen (secondary N) is 5. The Hall–Kier alpha value is -4.43. The van der Waals surface area contributed by atoms with E-state index in [1.807, 2.05) is 36.5 Å². The van der Waals surface area contributed by atoms with Crippen LogP contribution in [-0.4, -0.2) is 66.9 Å². The average Bonchev–Trinajstić information content (AvgIpc) is 3.41. The summed E-state index contributed by atoms with van der Waals surface area (Å²) in [7, 11) is -4.38. The molecule has 0 spiro atoms. The van der Waals surface area contributed by atoms with Crippen LogP contribution in [0.3, 0.4) is 0 Å². The van der Waals surface area contributed by atoms with Crippen molar-refractivity contribution in [2.75, 3.05) is 13.1 Å². The first-order valence-electron chi connectivity index (χ1n) is 14.7. The molecule has 0 saturated carbocycles. The molecule has 0 bridgehead atoms. The van der Waals surface area contributed by atoms with Crippen LogP contribution in [0.1, 0.15) is 46.9 Å². The molecule has 4 aromatic rings. The molecule has 12 nitrogen and oxygen atoms in total. The summed E-state index contributed by atoms with van der Waals surface area (Å²) in [6.07, 6.45) is 4.30. The van der Waals surface area contributed by atoms with Gasteiger partial charge in [-0.05, 0) is 81.0 Å². The van der Waals surface area contributed by atoms with Crippen LogP contribution in [0, 0.1) is 13.8 Å². The van der Waals surface area contributed by atoms with Crippen LogP contribution in [0.15, 0.2) is 70.6 Å². The first-order valence-corrected chi connectivity index (χ1v) is 16.2. The number of sulfonamides is 1. The number of hydrogen-bond donors (Lipinski definition) is 6. The van der Waals surface area contributed by atoms with Crippen LogP contribution in [-0.2, 0) is 21.2 Å². The molecule has 2 atom stereocenters. The molecule has 1 amide bonds. The summed E-state index contributed by atoms with van der Waals surface area (Å²) in [6.45, 7) is 6.04. The number of aliphatic imine (C=N–C) groups is 1. The van der Waals surface area contributed by atoms with Gasteiger partial charge in [0.15, 0.2) is 6.29 Å². The van der Waals surface area contributed by atoms with Gasteiger partial charge in [-0.25, -0.2) is 13.2 Å². The van der Waals surface area contributed by atoms with E-state index >= 15 is 0 Å². The average molecular weight is 632 g/mol. The molecule has 0 fully saturated rings. The van der Waals surface area contributed by atoms with Gasteiger partial charge in [0, 0.05) is 29.4 Å². The quantitative estimate of drug-likeness (QED) is 0.102. The number of rotatable bonds is 12. The highest BCUT2D eigenvalue weighted by Gasteiger charge is 2.40. The fourth-order valence-corrected chi connectivity index (χ4v) is 7.20. The number of amides is 1. The number of aryl methyl sites for hydroxylation is 3.